The second kappa shape index (κ2) is 9.90. The lowest BCUT2D eigenvalue weighted by molar-refractivity contribution is -0.121. The molecule has 0 aliphatic carbocycles. The quantitative estimate of drug-likeness (QED) is 0.660. The summed E-state index contributed by atoms with van der Waals surface area (Å²) in [5, 5.41) is 16.2. The van der Waals surface area contributed by atoms with Gasteiger partial charge in [0.25, 0.3) is 0 Å². The van der Waals surface area contributed by atoms with E-state index >= 15 is 0 Å². The Bertz CT molecular complexity index is 1110. The number of hydrogen-bond acceptors (Lipinski definition) is 5. The Kier molecular flexibility index (Phi) is 7.26. The molecule has 2 aromatic rings. The highest BCUT2D eigenvalue weighted by Crippen LogP contribution is 2.38. The van der Waals surface area contributed by atoms with E-state index < -0.39 is 5.92 Å². The third-order valence-corrected chi connectivity index (χ3v) is 6.39. The number of allylic oxidation sites excluding steroid dienone is 1. The molecule has 0 fully saturated rings. The molecule has 1 aliphatic rings. The smallest absolute Gasteiger partial charge is 0.234 e. The number of aryl methyl sites for hydroxylation is 2. The van der Waals surface area contributed by atoms with E-state index in [1.165, 1.54) is 7.11 Å². The summed E-state index contributed by atoms with van der Waals surface area (Å²) in [6, 6.07) is 13.1. The molecule has 6 nitrogen and oxygen atoms in total. The van der Waals surface area contributed by atoms with Gasteiger partial charge in [-0.05, 0) is 54.8 Å². The third kappa shape index (κ3) is 5.40. The van der Waals surface area contributed by atoms with Crippen LogP contribution in [0.4, 0.5) is 5.69 Å². The first kappa shape index (κ1) is 22.7. The molecule has 0 unspecified atom stereocenters. The second-order valence-corrected chi connectivity index (χ2v) is 8.58. The first-order chi connectivity index (χ1) is 14.8. The van der Waals surface area contributed by atoms with Crippen molar-refractivity contribution in [2.75, 3.05) is 18.2 Å². The Balaban J connectivity index is 1.77. The van der Waals surface area contributed by atoms with E-state index in [0.29, 0.717) is 27.1 Å². The number of benzene rings is 2. The molecule has 2 aromatic carbocycles. The van der Waals surface area contributed by atoms with Crippen molar-refractivity contribution in [1.29, 1.82) is 5.26 Å². The van der Waals surface area contributed by atoms with Crippen LogP contribution in [-0.2, 0) is 9.59 Å². The first-order valence-electron chi connectivity index (χ1n) is 9.59. The molecule has 0 bridgehead atoms. The summed E-state index contributed by atoms with van der Waals surface area (Å²) in [4.78, 5) is 24.7. The van der Waals surface area contributed by atoms with Crippen LogP contribution in [0.25, 0.3) is 0 Å². The summed E-state index contributed by atoms with van der Waals surface area (Å²) < 4.78 is 5.17. The molecule has 8 heteroatoms. The van der Waals surface area contributed by atoms with Crippen LogP contribution in [0.1, 0.15) is 29.0 Å². The van der Waals surface area contributed by atoms with Crippen molar-refractivity contribution in [2.24, 2.45) is 0 Å². The molecule has 0 radical (unpaired) electrons. The highest BCUT2D eigenvalue weighted by atomic mass is 35.5. The summed E-state index contributed by atoms with van der Waals surface area (Å²) >= 11 is 7.36. The predicted octanol–water partition coefficient (Wildman–Crippen LogP) is 4.68. The molecule has 1 aliphatic heterocycles. The lowest BCUT2D eigenvalue weighted by Gasteiger charge is -2.25. The van der Waals surface area contributed by atoms with Crippen molar-refractivity contribution in [1.82, 2.24) is 5.32 Å². The van der Waals surface area contributed by atoms with E-state index in [1.54, 1.807) is 18.2 Å². The Morgan fingerprint density at radius 1 is 1.29 bits per heavy atom. The number of ether oxygens (including phenoxy) is 1. The van der Waals surface area contributed by atoms with E-state index in [9.17, 15) is 14.9 Å². The zero-order chi connectivity index (χ0) is 22.5. The van der Waals surface area contributed by atoms with Gasteiger partial charge in [-0.2, -0.15) is 5.26 Å². The maximum atomic E-state index is 12.4. The largest absolute Gasteiger partial charge is 0.495 e. The topological polar surface area (TPSA) is 91.2 Å². The Morgan fingerprint density at radius 3 is 2.71 bits per heavy atom. The van der Waals surface area contributed by atoms with E-state index in [4.69, 9.17) is 16.3 Å². The van der Waals surface area contributed by atoms with Crippen LogP contribution in [0.3, 0.4) is 0 Å². The van der Waals surface area contributed by atoms with Crippen LogP contribution < -0.4 is 15.4 Å². The lowest BCUT2D eigenvalue weighted by Crippen LogP contribution is -2.31. The summed E-state index contributed by atoms with van der Waals surface area (Å²) in [5.74, 6) is -0.294. The molecule has 2 N–H and O–H groups in total. The van der Waals surface area contributed by atoms with Gasteiger partial charge in [-0.3, -0.25) is 9.59 Å². The molecule has 0 spiro atoms. The average molecular weight is 456 g/mol. The number of amides is 2. The average Bonchev–Trinajstić information content (AvgIpc) is 2.74. The van der Waals surface area contributed by atoms with Crippen LogP contribution in [0, 0.1) is 25.2 Å². The summed E-state index contributed by atoms with van der Waals surface area (Å²) in [6.45, 7) is 3.98. The number of carbonyl (C=O) groups is 2. The van der Waals surface area contributed by atoms with Gasteiger partial charge in [-0.1, -0.05) is 35.5 Å². The van der Waals surface area contributed by atoms with E-state index in [-0.39, 0.29) is 24.0 Å². The minimum absolute atomic E-state index is 0.0593. The van der Waals surface area contributed by atoms with Gasteiger partial charge in [0.2, 0.25) is 11.8 Å². The molecule has 0 aromatic heterocycles. The van der Waals surface area contributed by atoms with Crippen molar-refractivity contribution < 1.29 is 14.3 Å². The Labute approximate surface area is 190 Å². The van der Waals surface area contributed by atoms with E-state index in [2.05, 4.69) is 16.7 Å². The van der Waals surface area contributed by atoms with E-state index in [0.717, 1.165) is 28.5 Å². The first-order valence-corrected chi connectivity index (χ1v) is 11.0. The van der Waals surface area contributed by atoms with Gasteiger partial charge >= 0.3 is 0 Å². The van der Waals surface area contributed by atoms with Gasteiger partial charge in [-0.15, -0.1) is 0 Å². The van der Waals surface area contributed by atoms with Gasteiger partial charge in [0.05, 0.1) is 34.6 Å². The van der Waals surface area contributed by atoms with Gasteiger partial charge in [0.1, 0.15) is 5.75 Å². The van der Waals surface area contributed by atoms with Crippen LogP contribution in [0.15, 0.2) is 47.0 Å². The molecule has 0 saturated heterocycles. The standard InChI is InChI=1S/C23H22ClN3O3S/c1-13-4-6-16(8-14(13)2)26-22(29)12-31-23-18(11-25)17(10-21(28)27-23)15-5-7-20(30-3)19(24)9-15/h4-9,17H,10,12H2,1-3H3,(H,26,29)(H,27,28)/t17-/m0/s1. The second-order valence-electron chi connectivity index (χ2n) is 7.19. The monoisotopic (exact) mass is 455 g/mol. The van der Waals surface area contributed by atoms with Crippen molar-refractivity contribution >= 4 is 40.9 Å². The molecular formula is C23H22ClN3O3S. The van der Waals surface area contributed by atoms with Crippen molar-refractivity contribution in [3.63, 3.8) is 0 Å². The number of thioether (sulfide) groups is 1. The van der Waals surface area contributed by atoms with Gasteiger partial charge < -0.3 is 15.4 Å². The van der Waals surface area contributed by atoms with Gasteiger partial charge in [0.15, 0.2) is 0 Å². The van der Waals surface area contributed by atoms with Crippen LogP contribution >= 0.6 is 23.4 Å². The molecule has 1 atom stereocenters. The molecule has 160 valence electrons. The number of hydrogen-bond donors (Lipinski definition) is 2. The fourth-order valence-electron chi connectivity index (χ4n) is 3.27. The van der Waals surface area contributed by atoms with Crippen LogP contribution in [-0.4, -0.2) is 24.7 Å². The maximum absolute atomic E-state index is 12.4. The van der Waals surface area contributed by atoms with Gasteiger partial charge in [0, 0.05) is 18.0 Å². The molecule has 2 amide bonds. The number of nitrogens with zero attached hydrogens (tertiary/aromatic N) is 1. The van der Waals surface area contributed by atoms with Crippen LogP contribution in [0.5, 0.6) is 5.75 Å². The maximum Gasteiger partial charge on any atom is 0.234 e. The SMILES string of the molecule is COc1ccc([C@@H]2CC(=O)NC(SCC(=O)Nc3ccc(C)c(C)c3)=C2C#N)cc1Cl. The fraction of sp³-hybridized carbons (Fsp3) is 0.261. The zero-order valence-electron chi connectivity index (χ0n) is 17.4. The van der Waals surface area contributed by atoms with E-state index in [1.807, 2.05) is 32.0 Å². The van der Waals surface area contributed by atoms with Gasteiger partial charge in [-0.25, -0.2) is 0 Å². The number of anilines is 1. The van der Waals surface area contributed by atoms with Crippen molar-refractivity contribution in [2.45, 2.75) is 26.2 Å². The summed E-state index contributed by atoms with van der Waals surface area (Å²) in [6.07, 6.45) is 0.129. The van der Waals surface area contributed by atoms with Crippen molar-refractivity contribution in [3.8, 4) is 11.8 Å². The minimum Gasteiger partial charge on any atom is -0.495 e. The number of halogens is 1. The Morgan fingerprint density at radius 2 is 2.06 bits per heavy atom. The number of nitriles is 1. The summed E-state index contributed by atoms with van der Waals surface area (Å²) in [5.41, 5.74) is 4.09. The van der Waals surface area contributed by atoms with Crippen LogP contribution in [0.2, 0.25) is 5.02 Å². The lowest BCUT2D eigenvalue weighted by atomic mass is 9.87. The minimum atomic E-state index is -0.438. The number of rotatable bonds is 6. The predicted molar refractivity (Wildman–Crippen MR) is 123 cm³/mol. The molecule has 1 heterocycles. The molecule has 3 rings (SSSR count). The molecule has 0 saturated carbocycles. The molecular weight excluding hydrogens is 434 g/mol. The Hall–Kier alpha value is -2.95. The highest BCUT2D eigenvalue weighted by Gasteiger charge is 2.30. The summed E-state index contributed by atoms with van der Waals surface area (Å²) in [7, 11) is 1.52. The normalized spacial score (nSPS) is 15.8. The van der Waals surface area contributed by atoms with Crippen molar-refractivity contribution in [3.05, 3.63) is 68.7 Å². The zero-order valence-corrected chi connectivity index (χ0v) is 19.0. The third-order valence-electron chi connectivity index (χ3n) is 5.07. The molecule has 31 heavy (non-hydrogen) atoms. The number of nitrogens with one attached hydrogen (secondary N) is 2. The number of carbonyl (C=O) groups excluding carboxylic acids is 2. The number of methoxy groups -OCH3 is 1. The highest BCUT2D eigenvalue weighted by molar-refractivity contribution is 8.03. The fourth-order valence-corrected chi connectivity index (χ4v) is 4.41.